The summed E-state index contributed by atoms with van der Waals surface area (Å²) in [5, 5.41) is 13.6. The van der Waals surface area contributed by atoms with Crippen LogP contribution in [0.3, 0.4) is 0 Å². The Kier molecular flexibility index (Phi) is 6.97. The first-order valence-corrected chi connectivity index (χ1v) is 15.0. The molecular weight excluding hydrogens is 569 g/mol. The first-order chi connectivity index (χ1) is 18.4. The fourth-order valence-electron chi connectivity index (χ4n) is 4.64. The second-order valence-corrected chi connectivity index (χ2v) is 13.3. The fraction of sp³-hybridized carbons (Fsp3) is 0.200. The molecule has 3 N–H and O–H groups in total. The molecule has 0 aromatic heterocycles. The van der Waals surface area contributed by atoms with E-state index in [2.05, 4.69) is 10.4 Å². The summed E-state index contributed by atoms with van der Waals surface area (Å²) in [7, 11) is -8.19. The number of nitrogens with zero attached hydrogens (tertiary/aromatic N) is 3. The monoisotopic (exact) mass is 591 g/mol. The minimum atomic E-state index is -4.30. The first kappa shape index (κ1) is 27.2. The highest BCUT2D eigenvalue weighted by Gasteiger charge is 2.57. The van der Waals surface area contributed by atoms with Crippen molar-refractivity contribution in [2.45, 2.75) is 15.7 Å². The van der Waals surface area contributed by atoms with Gasteiger partial charge in [0, 0.05) is 23.7 Å². The van der Waals surface area contributed by atoms with Crippen LogP contribution in [0.25, 0.3) is 0 Å². The molecule has 0 radical (unpaired) electrons. The number of sulfone groups is 1. The topological polar surface area (TPSA) is 142 Å². The van der Waals surface area contributed by atoms with Gasteiger partial charge in [-0.2, -0.15) is 17.8 Å². The summed E-state index contributed by atoms with van der Waals surface area (Å²) in [6.45, 7) is -0.453. The Morgan fingerprint density at radius 2 is 1.59 bits per heavy atom. The summed E-state index contributed by atoms with van der Waals surface area (Å²) in [6, 6.07) is 17.9. The number of rotatable bonds is 6. The van der Waals surface area contributed by atoms with Gasteiger partial charge in [-0.25, -0.2) is 27.8 Å². The Morgan fingerprint density at radius 1 is 0.974 bits per heavy atom. The third kappa shape index (κ3) is 4.92. The normalized spacial score (nSPS) is 20.4. The van der Waals surface area contributed by atoms with Crippen LogP contribution in [0.5, 0.6) is 0 Å². The molecule has 204 valence electrons. The Bertz CT molecular complexity index is 1650. The summed E-state index contributed by atoms with van der Waals surface area (Å²) in [6.07, 6.45) is 0. The number of hydrogen-bond donors (Lipinski definition) is 2. The maximum atomic E-state index is 14.5. The molecule has 0 bridgehead atoms. The molecule has 3 aromatic rings. The molecule has 0 aliphatic carbocycles. The Labute approximate surface area is 230 Å². The summed E-state index contributed by atoms with van der Waals surface area (Å²) >= 11 is 6.02. The van der Waals surface area contributed by atoms with Crippen molar-refractivity contribution in [1.29, 1.82) is 0 Å². The second kappa shape index (κ2) is 9.99. The van der Waals surface area contributed by atoms with Crippen LogP contribution in [0.2, 0.25) is 5.02 Å². The number of benzene rings is 3. The van der Waals surface area contributed by atoms with Crippen LogP contribution in [0, 0.1) is 5.82 Å². The van der Waals surface area contributed by atoms with E-state index in [1.54, 1.807) is 30.3 Å². The molecule has 1 saturated heterocycles. The Hall–Kier alpha value is -3.36. The number of hydrazone groups is 1. The number of urea groups is 1. The molecule has 2 heterocycles. The number of carbonyl (C=O) groups is 1. The maximum absolute atomic E-state index is 14.5. The number of nitrogens with two attached hydrogens (primary N) is 1. The third-order valence-corrected chi connectivity index (χ3v) is 10.3. The molecule has 10 nitrogen and oxygen atoms in total. The van der Waals surface area contributed by atoms with Crippen molar-refractivity contribution < 1.29 is 26.0 Å². The first-order valence-electron chi connectivity index (χ1n) is 11.7. The van der Waals surface area contributed by atoms with E-state index < -0.39 is 49.2 Å². The number of hydrogen-bond acceptors (Lipinski definition) is 6. The predicted molar refractivity (Wildman–Crippen MR) is 143 cm³/mol. The molecular formula is C25H23ClFN5O5S2. The molecule has 5 rings (SSSR count). The van der Waals surface area contributed by atoms with Gasteiger partial charge in [0.25, 0.3) is 10.2 Å². The molecule has 1 atom stereocenters. The molecule has 3 aromatic carbocycles. The van der Waals surface area contributed by atoms with E-state index in [1.165, 1.54) is 48.5 Å². The van der Waals surface area contributed by atoms with Crippen LogP contribution < -0.4 is 10.5 Å². The predicted octanol–water partition coefficient (Wildman–Crippen LogP) is 2.47. The van der Waals surface area contributed by atoms with Crippen LogP contribution in [0.1, 0.15) is 11.1 Å². The lowest BCUT2D eigenvalue weighted by atomic mass is 9.89. The van der Waals surface area contributed by atoms with Gasteiger partial charge in [-0.3, -0.25) is 0 Å². The Balaban J connectivity index is 1.61. The minimum absolute atomic E-state index is 0.0265. The van der Waals surface area contributed by atoms with Gasteiger partial charge >= 0.3 is 6.03 Å². The molecule has 0 saturated carbocycles. The van der Waals surface area contributed by atoms with Gasteiger partial charge in [0.05, 0.1) is 23.2 Å². The Morgan fingerprint density at radius 3 is 2.18 bits per heavy atom. The highest BCUT2D eigenvalue weighted by atomic mass is 35.5. The largest absolute Gasteiger partial charge is 0.338 e. The van der Waals surface area contributed by atoms with E-state index in [4.69, 9.17) is 16.7 Å². The van der Waals surface area contributed by atoms with Crippen LogP contribution in [-0.2, 0) is 24.8 Å². The van der Waals surface area contributed by atoms with Gasteiger partial charge in [-0.1, -0.05) is 54.1 Å². The minimum Gasteiger partial charge on any atom is -0.331 e. The van der Waals surface area contributed by atoms with E-state index in [9.17, 15) is 26.0 Å². The van der Waals surface area contributed by atoms with Gasteiger partial charge in [-0.15, -0.1) is 0 Å². The van der Waals surface area contributed by atoms with Crippen molar-refractivity contribution in [3.63, 3.8) is 0 Å². The zero-order valence-corrected chi connectivity index (χ0v) is 22.6. The maximum Gasteiger partial charge on any atom is 0.338 e. The highest BCUT2D eigenvalue weighted by molar-refractivity contribution is 7.93. The summed E-state index contributed by atoms with van der Waals surface area (Å²) in [5.41, 5.74) is 0.679. The number of amides is 2. The van der Waals surface area contributed by atoms with Crippen molar-refractivity contribution in [1.82, 2.24) is 14.6 Å². The molecule has 14 heteroatoms. The van der Waals surface area contributed by atoms with Gasteiger partial charge in [-0.05, 0) is 42.0 Å². The molecule has 0 spiro atoms. The van der Waals surface area contributed by atoms with Crippen molar-refractivity contribution >= 4 is 43.4 Å². The third-order valence-electron chi connectivity index (χ3n) is 6.69. The van der Waals surface area contributed by atoms with Gasteiger partial charge in [0.2, 0.25) is 0 Å². The van der Waals surface area contributed by atoms with Crippen molar-refractivity contribution in [2.75, 3.05) is 19.6 Å². The average Bonchev–Trinajstić information content (AvgIpc) is 3.29. The molecule has 2 aliphatic rings. The molecule has 1 fully saturated rings. The zero-order chi connectivity index (χ0) is 28.0. The molecule has 2 amide bonds. The highest BCUT2D eigenvalue weighted by Crippen LogP contribution is 2.43. The van der Waals surface area contributed by atoms with Crippen LogP contribution in [0.15, 0.2) is 88.9 Å². The lowest BCUT2D eigenvalue weighted by Crippen LogP contribution is -2.63. The van der Waals surface area contributed by atoms with Crippen molar-refractivity contribution in [3.05, 3.63) is 101 Å². The summed E-state index contributed by atoms with van der Waals surface area (Å²) < 4.78 is 64.9. The lowest BCUT2D eigenvalue weighted by molar-refractivity contribution is 0.176. The van der Waals surface area contributed by atoms with E-state index in [1.807, 2.05) is 0 Å². The average molecular weight is 592 g/mol. The zero-order valence-electron chi connectivity index (χ0n) is 20.2. The van der Waals surface area contributed by atoms with E-state index in [-0.39, 0.29) is 23.7 Å². The number of carbonyl (C=O) groups excluding carboxylic acids is 1. The van der Waals surface area contributed by atoms with Gasteiger partial charge < -0.3 is 5.32 Å². The van der Waals surface area contributed by atoms with Crippen molar-refractivity contribution in [3.8, 4) is 0 Å². The van der Waals surface area contributed by atoms with E-state index >= 15 is 0 Å². The van der Waals surface area contributed by atoms with Crippen LogP contribution in [-0.4, -0.2) is 63.6 Å². The standard InChI is InChI=1S/C25H23ClFN5O5S2/c26-19-8-12-22(13-9-19)38(34,35)25(18-4-2-1-3-5-18)16-32(30-23(25)17-6-10-20(27)11-7-17)24(33)29-21-14-31(15-21)39(28,36)37/h1-13,21H,14-16H2,(H,29,33)(H2,28,36,37). The van der Waals surface area contributed by atoms with Gasteiger partial charge in [0.1, 0.15) is 5.82 Å². The SMILES string of the molecule is NS(=O)(=O)N1CC(NC(=O)N2CC(c3ccccc3)(S(=O)(=O)c3ccc(Cl)cc3)C(c3ccc(F)cc3)=N2)C1. The smallest absolute Gasteiger partial charge is 0.331 e. The lowest BCUT2D eigenvalue weighted by Gasteiger charge is -2.37. The van der Waals surface area contributed by atoms with Crippen LogP contribution >= 0.6 is 11.6 Å². The quantitative estimate of drug-likeness (QED) is 0.453. The fourth-order valence-corrected chi connectivity index (χ4v) is 7.59. The van der Waals surface area contributed by atoms with Crippen molar-refractivity contribution in [2.24, 2.45) is 10.2 Å². The number of halogens is 2. The second-order valence-electron chi connectivity index (χ2n) is 9.17. The van der Waals surface area contributed by atoms with E-state index in [0.717, 1.165) is 9.31 Å². The molecule has 2 aliphatic heterocycles. The van der Waals surface area contributed by atoms with Crippen LogP contribution in [0.4, 0.5) is 9.18 Å². The molecule has 39 heavy (non-hydrogen) atoms. The van der Waals surface area contributed by atoms with E-state index in [0.29, 0.717) is 16.1 Å². The summed E-state index contributed by atoms with van der Waals surface area (Å²) in [4.78, 5) is 13.3. The number of nitrogens with one attached hydrogen (secondary N) is 1. The summed E-state index contributed by atoms with van der Waals surface area (Å²) in [5.74, 6) is -0.526. The van der Waals surface area contributed by atoms with Gasteiger partial charge in [0.15, 0.2) is 14.6 Å². The molecule has 1 unspecified atom stereocenters.